The summed E-state index contributed by atoms with van der Waals surface area (Å²) >= 11 is 0. The molecule has 1 aromatic rings. The second-order valence-corrected chi connectivity index (χ2v) is 7.22. The van der Waals surface area contributed by atoms with Crippen molar-refractivity contribution in [2.24, 2.45) is 17.8 Å². The summed E-state index contributed by atoms with van der Waals surface area (Å²) in [7, 11) is 0. The predicted octanol–water partition coefficient (Wildman–Crippen LogP) is 2.16. The maximum absolute atomic E-state index is 12.5. The van der Waals surface area contributed by atoms with E-state index in [1.165, 1.54) is 0 Å². The zero-order valence-electron chi connectivity index (χ0n) is 15.8. The number of halogens is 3. The zero-order valence-corrected chi connectivity index (χ0v) is 15.8. The summed E-state index contributed by atoms with van der Waals surface area (Å²) < 4.78 is 31.7. The molecule has 2 heterocycles. The van der Waals surface area contributed by atoms with Gasteiger partial charge >= 0.3 is 18.1 Å². The Labute approximate surface area is 165 Å². The van der Waals surface area contributed by atoms with Gasteiger partial charge in [-0.05, 0) is 37.1 Å². The van der Waals surface area contributed by atoms with E-state index in [0.29, 0.717) is 12.3 Å². The molecule has 1 unspecified atom stereocenters. The lowest BCUT2D eigenvalue weighted by Gasteiger charge is -2.22. The smallest absolute Gasteiger partial charge is 0.481 e. The second kappa shape index (κ2) is 9.25. The second-order valence-electron chi connectivity index (χ2n) is 7.22. The van der Waals surface area contributed by atoms with Crippen molar-refractivity contribution in [1.29, 1.82) is 0 Å². The molecule has 2 aliphatic rings. The van der Waals surface area contributed by atoms with Gasteiger partial charge in [-0.1, -0.05) is 19.1 Å². The van der Waals surface area contributed by atoms with Crippen LogP contribution in [0.3, 0.4) is 0 Å². The molecule has 0 aliphatic carbocycles. The fraction of sp³-hybridized carbons (Fsp3) is 0.526. The number of nitrogens with one attached hydrogen (secondary N) is 1. The van der Waals surface area contributed by atoms with Crippen molar-refractivity contribution in [3.05, 3.63) is 29.8 Å². The van der Waals surface area contributed by atoms with Gasteiger partial charge in [0, 0.05) is 30.6 Å². The molecule has 2 saturated heterocycles. The number of carbonyl (C=O) groups is 3. The summed E-state index contributed by atoms with van der Waals surface area (Å²) in [6.07, 6.45) is -3.65. The summed E-state index contributed by atoms with van der Waals surface area (Å²) in [6.45, 7) is 4.33. The van der Waals surface area contributed by atoms with E-state index in [-0.39, 0.29) is 11.8 Å². The van der Waals surface area contributed by atoms with Crippen LogP contribution in [0.5, 0.6) is 0 Å². The number of aliphatic carboxylic acids is 2. The number of fused-ring (bicyclic) bond motifs is 1. The van der Waals surface area contributed by atoms with Crippen molar-refractivity contribution >= 4 is 23.5 Å². The summed E-state index contributed by atoms with van der Waals surface area (Å²) in [4.78, 5) is 34.2. The van der Waals surface area contributed by atoms with Crippen LogP contribution in [0.15, 0.2) is 24.3 Å². The van der Waals surface area contributed by atoms with Crippen LogP contribution in [0.4, 0.5) is 18.9 Å². The van der Waals surface area contributed by atoms with Crippen molar-refractivity contribution in [3.63, 3.8) is 0 Å². The minimum atomic E-state index is -5.08. The van der Waals surface area contributed by atoms with Crippen LogP contribution in [0, 0.1) is 17.8 Å². The van der Waals surface area contributed by atoms with Gasteiger partial charge in [-0.2, -0.15) is 13.2 Å². The van der Waals surface area contributed by atoms with Crippen LogP contribution in [0.25, 0.3) is 0 Å². The molecule has 29 heavy (non-hydrogen) atoms. The van der Waals surface area contributed by atoms with Gasteiger partial charge < -0.3 is 20.4 Å². The summed E-state index contributed by atoms with van der Waals surface area (Å²) in [5.41, 5.74) is 1.91. The molecule has 3 atom stereocenters. The van der Waals surface area contributed by atoms with E-state index in [1.54, 1.807) is 6.92 Å². The van der Waals surface area contributed by atoms with Crippen molar-refractivity contribution in [2.45, 2.75) is 25.9 Å². The Hall–Kier alpha value is -2.62. The SMILES string of the molecule is CC(Cc1ccc(N2C[C@@H]3CNCC[C@@H]3C2=O)cc1)C(=O)O.O=C(O)C(F)(F)F. The van der Waals surface area contributed by atoms with Crippen LogP contribution < -0.4 is 10.2 Å². The lowest BCUT2D eigenvalue weighted by molar-refractivity contribution is -0.192. The maximum Gasteiger partial charge on any atom is 0.490 e. The minimum Gasteiger partial charge on any atom is -0.481 e. The molecular formula is C19H23F3N2O5. The molecule has 10 heteroatoms. The van der Waals surface area contributed by atoms with Crippen molar-refractivity contribution in [2.75, 3.05) is 24.5 Å². The highest BCUT2D eigenvalue weighted by Crippen LogP contribution is 2.33. The van der Waals surface area contributed by atoms with Crippen LogP contribution in [0.1, 0.15) is 18.9 Å². The molecule has 3 rings (SSSR count). The van der Waals surface area contributed by atoms with Gasteiger partial charge in [-0.25, -0.2) is 4.79 Å². The number of hydrogen-bond acceptors (Lipinski definition) is 4. The van der Waals surface area contributed by atoms with Crippen LogP contribution in [-0.2, 0) is 20.8 Å². The maximum atomic E-state index is 12.5. The standard InChI is InChI=1S/C17H22N2O3.C2HF3O2/c1-11(17(21)22)8-12-2-4-14(5-3-12)19-10-13-9-18-7-6-15(13)16(19)20;3-2(4,5)1(6)7/h2-5,11,13,15,18H,6-10H2,1H3,(H,21,22);(H,6,7)/t11?,13-,15-;/m0./s1. The Morgan fingerprint density at radius 2 is 1.83 bits per heavy atom. The number of carbonyl (C=O) groups excluding carboxylic acids is 1. The molecule has 1 aromatic carbocycles. The number of carboxylic acids is 2. The first-order valence-corrected chi connectivity index (χ1v) is 9.14. The highest BCUT2D eigenvalue weighted by Gasteiger charge is 2.41. The fourth-order valence-electron chi connectivity index (χ4n) is 3.45. The molecule has 1 amide bonds. The van der Waals surface area contributed by atoms with E-state index in [4.69, 9.17) is 15.0 Å². The van der Waals surface area contributed by atoms with E-state index in [1.807, 2.05) is 29.2 Å². The highest BCUT2D eigenvalue weighted by atomic mass is 19.4. The number of anilines is 1. The van der Waals surface area contributed by atoms with E-state index in [0.717, 1.165) is 37.3 Å². The topological polar surface area (TPSA) is 107 Å². The van der Waals surface area contributed by atoms with Gasteiger partial charge in [-0.15, -0.1) is 0 Å². The molecule has 7 nitrogen and oxygen atoms in total. The van der Waals surface area contributed by atoms with E-state index >= 15 is 0 Å². The highest BCUT2D eigenvalue weighted by molar-refractivity contribution is 5.97. The minimum absolute atomic E-state index is 0.160. The largest absolute Gasteiger partial charge is 0.490 e. The number of piperidine rings is 1. The third-order valence-electron chi connectivity index (χ3n) is 5.06. The summed E-state index contributed by atoms with van der Waals surface area (Å²) in [5.74, 6) is -3.13. The van der Waals surface area contributed by atoms with E-state index in [2.05, 4.69) is 5.32 Å². The average molecular weight is 416 g/mol. The number of rotatable bonds is 4. The third kappa shape index (κ3) is 5.93. The van der Waals surface area contributed by atoms with Crippen LogP contribution >= 0.6 is 0 Å². The Morgan fingerprint density at radius 3 is 2.31 bits per heavy atom. The van der Waals surface area contributed by atoms with Gasteiger partial charge in [0.15, 0.2) is 0 Å². The van der Waals surface area contributed by atoms with Gasteiger partial charge in [0.2, 0.25) is 5.91 Å². The van der Waals surface area contributed by atoms with Gasteiger partial charge in [0.25, 0.3) is 0 Å². The van der Waals surface area contributed by atoms with Crippen LogP contribution in [-0.4, -0.2) is 53.9 Å². The third-order valence-corrected chi connectivity index (χ3v) is 5.06. The molecule has 2 fully saturated rings. The lowest BCUT2D eigenvalue weighted by Crippen LogP contribution is -2.36. The first kappa shape index (κ1) is 22.7. The summed E-state index contributed by atoms with van der Waals surface area (Å²) in [5, 5.41) is 19.4. The number of hydrogen-bond donors (Lipinski definition) is 3. The molecule has 0 aromatic heterocycles. The quantitative estimate of drug-likeness (QED) is 0.695. The Morgan fingerprint density at radius 1 is 1.24 bits per heavy atom. The number of benzene rings is 1. The molecule has 0 saturated carbocycles. The molecule has 0 radical (unpaired) electrons. The first-order valence-electron chi connectivity index (χ1n) is 9.14. The molecule has 160 valence electrons. The van der Waals surface area contributed by atoms with Crippen molar-refractivity contribution in [3.8, 4) is 0 Å². The Kier molecular flexibility index (Phi) is 7.23. The molecule has 3 N–H and O–H groups in total. The number of carboxylic acid groups (broad SMARTS) is 2. The monoisotopic (exact) mass is 416 g/mol. The van der Waals surface area contributed by atoms with Gasteiger partial charge in [-0.3, -0.25) is 9.59 Å². The first-order chi connectivity index (χ1) is 13.5. The Bertz CT molecular complexity index is 751. The summed E-state index contributed by atoms with van der Waals surface area (Å²) in [6, 6.07) is 7.74. The van der Waals surface area contributed by atoms with Crippen LogP contribution in [0.2, 0.25) is 0 Å². The van der Waals surface area contributed by atoms with Gasteiger partial charge in [0.05, 0.1) is 5.92 Å². The molecule has 0 bridgehead atoms. The number of nitrogens with zero attached hydrogens (tertiary/aromatic N) is 1. The lowest BCUT2D eigenvalue weighted by atomic mass is 9.89. The van der Waals surface area contributed by atoms with E-state index in [9.17, 15) is 22.8 Å². The van der Waals surface area contributed by atoms with Crippen molar-refractivity contribution in [1.82, 2.24) is 5.32 Å². The number of alkyl halides is 3. The van der Waals surface area contributed by atoms with E-state index < -0.39 is 24.0 Å². The fourth-order valence-corrected chi connectivity index (χ4v) is 3.45. The normalized spacial score (nSPS) is 22.3. The molecule has 0 spiro atoms. The van der Waals surface area contributed by atoms with Gasteiger partial charge in [0.1, 0.15) is 0 Å². The Balaban J connectivity index is 0.000000370. The van der Waals surface area contributed by atoms with Crippen molar-refractivity contribution < 1.29 is 37.8 Å². The zero-order chi connectivity index (χ0) is 21.8. The molecule has 2 aliphatic heterocycles. The molecular weight excluding hydrogens is 393 g/mol. The number of amides is 1. The predicted molar refractivity (Wildman–Crippen MR) is 97.5 cm³/mol. The average Bonchev–Trinajstić information content (AvgIpc) is 2.99.